The molecule has 0 spiro atoms. The number of hydrogen-bond acceptors (Lipinski definition) is 3. The standard InChI is InChI=1S/C17H25NO2/c1-3-9-18-16-12-20-11-15(16)17(19)10-14-7-5-13(4-2)6-8-14/h5-8,15-16,18H,3-4,9-12H2,1-2H3. The third-order valence-electron chi connectivity index (χ3n) is 3.96. The van der Waals surface area contributed by atoms with E-state index in [0.717, 1.165) is 24.9 Å². The van der Waals surface area contributed by atoms with Crippen LogP contribution in [0.25, 0.3) is 0 Å². The van der Waals surface area contributed by atoms with Gasteiger partial charge in [-0.15, -0.1) is 0 Å². The van der Waals surface area contributed by atoms with Crippen molar-refractivity contribution < 1.29 is 9.53 Å². The molecule has 20 heavy (non-hydrogen) atoms. The van der Waals surface area contributed by atoms with E-state index in [-0.39, 0.29) is 12.0 Å². The van der Waals surface area contributed by atoms with Crippen molar-refractivity contribution in [2.24, 2.45) is 5.92 Å². The number of hydrogen-bond donors (Lipinski definition) is 1. The van der Waals surface area contributed by atoms with Gasteiger partial charge >= 0.3 is 0 Å². The number of benzene rings is 1. The second-order valence-electron chi connectivity index (χ2n) is 5.52. The van der Waals surface area contributed by atoms with Gasteiger partial charge in [-0.05, 0) is 30.5 Å². The molecule has 0 aromatic heterocycles. The molecule has 0 saturated carbocycles. The highest BCUT2D eigenvalue weighted by atomic mass is 16.5. The van der Waals surface area contributed by atoms with E-state index in [4.69, 9.17) is 4.74 Å². The second-order valence-corrected chi connectivity index (χ2v) is 5.52. The fourth-order valence-electron chi connectivity index (χ4n) is 2.63. The first kappa shape index (κ1) is 15.2. The summed E-state index contributed by atoms with van der Waals surface area (Å²) < 4.78 is 5.48. The van der Waals surface area contributed by atoms with Gasteiger partial charge in [0.05, 0.1) is 19.1 Å². The van der Waals surface area contributed by atoms with Crippen molar-refractivity contribution in [3.8, 4) is 0 Å². The molecule has 0 radical (unpaired) electrons. The SMILES string of the molecule is CCCNC1COCC1C(=O)Cc1ccc(CC)cc1. The van der Waals surface area contributed by atoms with E-state index in [1.165, 1.54) is 5.56 Å². The summed E-state index contributed by atoms with van der Waals surface area (Å²) in [6, 6.07) is 8.56. The molecule has 110 valence electrons. The monoisotopic (exact) mass is 275 g/mol. The third-order valence-corrected chi connectivity index (χ3v) is 3.96. The maximum Gasteiger partial charge on any atom is 0.144 e. The van der Waals surface area contributed by atoms with Crippen LogP contribution in [0, 0.1) is 5.92 Å². The van der Waals surface area contributed by atoms with Gasteiger partial charge in [0.15, 0.2) is 0 Å². The summed E-state index contributed by atoms with van der Waals surface area (Å²) in [6.45, 7) is 6.44. The molecule has 1 saturated heterocycles. The summed E-state index contributed by atoms with van der Waals surface area (Å²) in [4.78, 5) is 12.4. The average molecular weight is 275 g/mol. The van der Waals surface area contributed by atoms with Gasteiger partial charge in [0.2, 0.25) is 0 Å². The highest BCUT2D eigenvalue weighted by Gasteiger charge is 2.33. The summed E-state index contributed by atoms with van der Waals surface area (Å²) in [5.74, 6) is 0.299. The Morgan fingerprint density at radius 3 is 2.55 bits per heavy atom. The highest BCUT2D eigenvalue weighted by Crippen LogP contribution is 2.18. The van der Waals surface area contributed by atoms with E-state index in [2.05, 4.69) is 43.4 Å². The lowest BCUT2D eigenvalue weighted by molar-refractivity contribution is -0.122. The predicted molar refractivity (Wildman–Crippen MR) is 80.9 cm³/mol. The van der Waals surface area contributed by atoms with Crippen molar-refractivity contribution in [1.29, 1.82) is 0 Å². The molecule has 1 aromatic rings. The number of carbonyl (C=O) groups is 1. The van der Waals surface area contributed by atoms with Gasteiger partial charge in [-0.1, -0.05) is 38.1 Å². The third kappa shape index (κ3) is 3.90. The normalized spacial score (nSPS) is 22.1. The van der Waals surface area contributed by atoms with Crippen LogP contribution in [-0.4, -0.2) is 31.6 Å². The summed E-state index contributed by atoms with van der Waals surface area (Å²) in [6.07, 6.45) is 2.63. The second kappa shape index (κ2) is 7.55. The van der Waals surface area contributed by atoms with E-state index in [0.29, 0.717) is 25.4 Å². The van der Waals surface area contributed by atoms with Crippen LogP contribution in [0.4, 0.5) is 0 Å². The summed E-state index contributed by atoms with van der Waals surface area (Å²) in [5.41, 5.74) is 2.42. The molecule has 2 rings (SSSR count). The Bertz CT molecular complexity index is 427. The van der Waals surface area contributed by atoms with Crippen LogP contribution in [0.3, 0.4) is 0 Å². The van der Waals surface area contributed by atoms with Gasteiger partial charge in [0.25, 0.3) is 0 Å². The zero-order chi connectivity index (χ0) is 14.4. The first-order valence-electron chi connectivity index (χ1n) is 7.66. The molecule has 1 heterocycles. The minimum Gasteiger partial charge on any atom is -0.379 e. The van der Waals surface area contributed by atoms with E-state index >= 15 is 0 Å². The molecule has 1 aliphatic rings. The van der Waals surface area contributed by atoms with Gasteiger partial charge in [0, 0.05) is 12.5 Å². The smallest absolute Gasteiger partial charge is 0.144 e. The Kier molecular flexibility index (Phi) is 5.74. The zero-order valence-corrected chi connectivity index (χ0v) is 12.5. The lowest BCUT2D eigenvalue weighted by Crippen LogP contribution is -2.40. The van der Waals surface area contributed by atoms with Gasteiger partial charge in [0.1, 0.15) is 5.78 Å². The van der Waals surface area contributed by atoms with Crippen LogP contribution in [-0.2, 0) is 22.4 Å². The quantitative estimate of drug-likeness (QED) is 0.830. The molecule has 1 aliphatic heterocycles. The summed E-state index contributed by atoms with van der Waals surface area (Å²) in [5, 5.41) is 3.42. The Hall–Kier alpha value is -1.19. The zero-order valence-electron chi connectivity index (χ0n) is 12.5. The minimum atomic E-state index is 0.00685. The first-order valence-corrected chi connectivity index (χ1v) is 7.66. The van der Waals surface area contributed by atoms with E-state index in [1.807, 2.05) is 0 Å². The predicted octanol–water partition coefficient (Wildman–Crippen LogP) is 2.38. The molecule has 2 unspecified atom stereocenters. The molecule has 3 nitrogen and oxygen atoms in total. The average Bonchev–Trinajstić information content (AvgIpc) is 2.94. The maximum atomic E-state index is 12.4. The molecular formula is C17H25NO2. The lowest BCUT2D eigenvalue weighted by atomic mass is 9.93. The molecule has 1 aromatic carbocycles. The van der Waals surface area contributed by atoms with Crippen molar-refractivity contribution in [3.63, 3.8) is 0 Å². The number of rotatable bonds is 7. The van der Waals surface area contributed by atoms with Gasteiger partial charge in [-0.2, -0.15) is 0 Å². The van der Waals surface area contributed by atoms with Gasteiger partial charge in [-0.3, -0.25) is 4.79 Å². The molecule has 3 heteroatoms. The van der Waals surface area contributed by atoms with Gasteiger partial charge < -0.3 is 10.1 Å². The van der Waals surface area contributed by atoms with Crippen molar-refractivity contribution in [2.75, 3.05) is 19.8 Å². The molecule has 0 bridgehead atoms. The molecule has 1 fully saturated rings. The van der Waals surface area contributed by atoms with Crippen molar-refractivity contribution in [1.82, 2.24) is 5.32 Å². The van der Waals surface area contributed by atoms with Gasteiger partial charge in [-0.25, -0.2) is 0 Å². The van der Waals surface area contributed by atoms with Crippen LogP contribution >= 0.6 is 0 Å². The summed E-state index contributed by atoms with van der Waals surface area (Å²) >= 11 is 0. The Morgan fingerprint density at radius 1 is 1.20 bits per heavy atom. The van der Waals surface area contributed by atoms with Crippen LogP contribution in [0.15, 0.2) is 24.3 Å². The molecular weight excluding hydrogens is 250 g/mol. The van der Waals surface area contributed by atoms with E-state index in [9.17, 15) is 4.79 Å². The molecule has 1 N–H and O–H groups in total. The van der Waals surface area contributed by atoms with Crippen molar-refractivity contribution in [2.45, 2.75) is 39.2 Å². The fraction of sp³-hybridized carbons (Fsp3) is 0.588. The Balaban J connectivity index is 1.92. The highest BCUT2D eigenvalue weighted by molar-refractivity contribution is 5.84. The van der Waals surface area contributed by atoms with Crippen LogP contribution in [0.2, 0.25) is 0 Å². The van der Waals surface area contributed by atoms with E-state index in [1.54, 1.807) is 0 Å². The maximum absolute atomic E-state index is 12.4. The number of nitrogens with one attached hydrogen (secondary N) is 1. The molecule has 0 amide bonds. The van der Waals surface area contributed by atoms with Crippen LogP contribution in [0.1, 0.15) is 31.4 Å². The number of aryl methyl sites for hydroxylation is 1. The van der Waals surface area contributed by atoms with E-state index < -0.39 is 0 Å². The number of ether oxygens (including phenoxy) is 1. The number of Topliss-reactive ketones (excluding diaryl/α,β-unsaturated/α-hetero) is 1. The van der Waals surface area contributed by atoms with Crippen LogP contribution < -0.4 is 5.32 Å². The minimum absolute atomic E-state index is 0.00685. The topological polar surface area (TPSA) is 38.3 Å². The van der Waals surface area contributed by atoms with Crippen LogP contribution in [0.5, 0.6) is 0 Å². The fourth-order valence-corrected chi connectivity index (χ4v) is 2.63. The Morgan fingerprint density at radius 2 is 1.90 bits per heavy atom. The first-order chi connectivity index (χ1) is 9.74. The van der Waals surface area contributed by atoms with Crippen molar-refractivity contribution >= 4 is 5.78 Å². The number of carbonyl (C=O) groups excluding carboxylic acids is 1. The lowest BCUT2D eigenvalue weighted by Gasteiger charge is -2.17. The molecule has 2 atom stereocenters. The summed E-state index contributed by atoms with van der Waals surface area (Å²) in [7, 11) is 0. The molecule has 0 aliphatic carbocycles. The van der Waals surface area contributed by atoms with Crippen molar-refractivity contribution in [3.05, 3.63) is 35.4 Å². The number of ketones is 1. The Labute approximate surface area is 121 Å². The largest absolute Gasteiger partial charge is 0.379 e.